The fourth-order valence-corrected chi connectivity index (χ4v) is 3.73. The fourth-order valence-electron chi connectivity index (χ4n) is 3.73. The van der Waals surface area contributed by atoms with Crippen molar-refractivity contribution in [2.75, 3.05) is 25.0 Å². The molecule has 1 aliphatic heterocycles. The molecular formula is C18H29N5O. The Hall–Kier alpha value is -1.82. The van der Waals surface area contributed by atoms with Crippen molar-refractivity contribution in [2.45, 2.75) is 56.7 Å². The molecule has 0 aromatic carbocycles. The van der Waals surface area contributed by atoms with Gasteiger partial charge >= 0.3 is 6.03 Å². The lowest BCUT2D eigenvalue weighted by Crippen LogP contribution is -2.51. The number of urea groups is 1. The van der Waals surface area contributed by atoms with Crippen LogP contribution in [0.1, 0.15) is 38.5 Å². The van der Waals surface area contributed by atoms with E-state index in [-0.39, 0.29) is 12.1 Å². The lowest BCUT2D eigenvalue weighted by molar-refractivity contribution is 0.223. The number of carbonyl (C=O) groups excluding carboxylic acids is 1. The molecule has 0 radical (unpaired) electrons. The molecule has 24 heavy (non-hydrogen) atoms. The van der Waals surface area contributed by atoms with Gasteiger partial charge in [-0.3, -0.25) is 0 Å². The molecule has 0 atom stereocenters. The van der Waals surface area contributed by atoms with E-state index in [4.69, 9.17) is 0 Å². The number of carbonyl (C=O) groups is 1. The van der Waals surface area contributed by atoms with Crippen LogP contribution in [-0.2, 0) is 0 Å². The number of hydrogen-bond donors (Lipinski definition) is 3. The summed E-state index contributed by atoms with van der Waals surface area (Å²) in [5, 5.41) is 9.62. The molecule has 0 unspecified atom stereocenters. The van der Waals surface area contributed by atoms with Crippen LogP contribution in [-0.4, -0.2) is 49.3 Å². The van der Waals surface area contributed by atoms with Crippen molar-refractivity contribution >= 4 is 11.8 Å². The molecule has 6 heteroatoms. The Bertz CT molecular complexity index is 507. The average Bonchev–Trinajstić information content (AvgIpc) is 2.64. The molecule has 0 spiro atoms. The molecule has 2 heterocycles. The van der Waals surface area contributed by atoms with Gasteiger partial charge in [-0.1, -0.05) is 6.07 Å². The number of amides is 2. The predicted octanol–water partition coefficient (Wildman–Crippen LogP) is 1.88. The first kappa shape index (κ1) is 17.0. The minimum absolute atomic E-state index is 0.000747. The Kier molecular flexibility index (Phi) is 5.91. The van der Waals surface area contributed by atoms with E-state index in [2.05, 4.69) is 25.8 Å². The standard InChI is InChI=1S/C18H29N5O/c1-19-14-5-7-15(8-6-14)21-18(24)22-16-9-12-23(13-10-16)17-4-2-3-11-20-17/h2-4,11,14-16,19H,5-10,12-13H2,1H3,(H2,21,22,24). The third-order valence-corrected chi connectivity index (χ3v) is 5.27. The van der Waals surface area contributed by atoms with E-state index in [0.717, 1.165) is 57.4 Å². The monoisotopic (exact) mass is 331 g/mol. The first-order valence-corrected chi connectivity index (χ1v) is 9.15. The van der Waals surface area contributed by atoms with Gasteiger partial charge in [-0.2, -0.15) is 0 Å². The zero-order chi connectivity index (χ0) is 16.8. The van der Waals surface area contributed by atoms with Crippen LogP contribution in [0.5, 0.6) is 0 Å². The first-order chi connectivity index (χ1) is 11.7. The molecule has 2 amide bonds. The Balaban J connectivity index is 1.37. The summed E-state index contributed by atoms with van der Waals surface area (Å²) in [4.78, 5) is 18.9. The van der Waals surface area contributed by atoms with Gasteiger partial charge in [-0.25, -0.2) is 9.78 Å². The normalized spacial score (nSPS) is 25.3. The van der Waals surface area contributed by atoms with Gasteiger partial charge in [0.25, 0.3) is 0 Å². The number of anilines is 1. The molecule has 6 nitrogen and oxygen atoms in total. The fraction of sp³-hybridized carbons (Fsp3) is 0.667. The molecule has 1 aromatic rings. The first-order valence-electron chi connectivity index (χ1n) is 9.15. The van der Waals surface area contributed by atoms with Gasteiger partial charge in [0.1, 0.15) is 5.82 Å². The van der Waals surface area contributed by atoms with Crippen molar-refractivity contribution in [1.29, 1.82) is 0 Å². The maximum absolute atomic E-state index is 12.2. The SMILES string of the molecule is CNC1CCC(NC(=O)NC2CCN(c3ccccn3)CC2)CC1. The molecule has 1 saturated carbocycles. The van der Waals surface area contributed by atoms with Gasteiger partial charge < -0.3 is 20.9 Å². The summed E-state index contributed by atoms with van der Waals surface area (Å²) in [5.74, 6) is 1.03. The maximum Gasteiger partial charge on any atom is 0.315 e. The Morgan fingerprint density at radius 3 is 2.21 bits per heavy atom. The average molecular weight is 331 g/mol. The van der Waals surface area contributed by atoms with Gasteiger partial charge in [0, 0.05) is 37.4 Å². The van der Waals surface area contributed by atoms with Crippen LogP contribution in [0.15, 0.2) is 24.4 Å². The zero-order valence-corrected chi connectivity index (χ0v) is 14.5. The smallest absolute Gasteiger partial charge is 0.315 e. The number of nitrogens with zero attached hydrogens (tertiary/aromatic N) is 2. The van der Waals surface area contributed by atoms with Gasteiger partial charge in [0.2, 0.25) is 0 Å². The summed E-state index contributed by atoms with van der Waals surface area (Å²) in [6.07, 6.45) is 8.19. The van der Waals surface area contributed by atoms with Crippen molar-refractivity contribution in [3.8, 4) is 0 Å². The molecule has 2 fully saturated rings. The summed E-state index contributed by atoms with van der Waals surface area (Å²) >= 11 is 0. The van der Waals surface area contributed by atoms with Crippen LogP contribution in [0.4, 0.5) is 10.6 Å². The minimum atomic E-state index is -0.000747. The van der Waals surface area contributed by atoms with Crippen LogP contribution in [0, 0.1) is 0 Å². The zero-order valence-electron chi connectivity index (χ0n) is 14.5. The highest BCUT2D eigenvalue weighted by Crippen LogP contribution is 2.19. The molecular weight excluding hydrogens is 302 g/mol. The van der Waals surface area contributed by atoms with Crippen molar-refractivity contribution in [1.82, 2.24) is 20.9 Å². The van der Waals surface area contributed by atoms with Crippen LogP contribution in [0.3, 0.4) is 0 Å². The molecule has 3 N–H and O–H groups in total. The predicted molar refractivity (Wildman–Crippen MR) is 96.2 cm³/mol. The molecule has 0 bridgehead atoms. The maximum atomic E-state index is 12.2. The highest BCUT2D eigenvalue weighted by Gasteiger charge is 2.24. The Morgan fingerprint density at radius 2 is 1.62 bits per heavy atom. The van der Waals surface area contributed by atoms with Gasteiger partial charge in [0.15, 0.2) is 0 Å². The van der Waals surface area contributed by atoms with E-state index >= 15 is 0 Å². The van der Waals surface area contributed by atoms with E-state index in [9.17, 15) is 4.79 Å². The Labute approximate surface area is 144 Å². The minimum Gasteiger partial charge on any atom is -0.356 e. The highest BCUT2D eigenvalue weighted by atomic mass is 16.2. The third-order valence-electron chi connectivity index (χ3n) is 5.27. The lowest BCUT2D eigenvalue weighted by Gasteiger charge is -2.34. The van der Waals surface area contributed by atoms with Crippen LogP contribution in [0.2, 0.25) is 0 Å². The topological polar surface area (TPSA) is 69.3 Å². The van der Waals surface area contributed by atoms with Crippen molar-refractivity contribution < 1.29 is 4.79 Å². The van der Waals surface area contributed by atoms with Crippen LogP contribution < -0.4 is 20.9 Å². The number of nitrogens with one attached hydrogen (secondary N) is 3. The van der Waals surface area contributed by atoms with E-state index in [1.165, 1.54) is 0 Å². The number of piperidine rings is 1. The van der Waals surface area contributed by atoms with E-state index < -0.39 is 0 Å². The molecule has 1 aliphatic carbocycles. The van der Waals surface area contributed by atoms with Crippen molar-refractivity contribution in [2.24, 2.45) is 0 Å². The van der Waals surface area contributed by atoms with Crippen molar-refractivity contribution in [3.63, 3.8) is 0 Å². The van der Waals surface area contributed by atoms with Gasteiger partial charge in [-0.15, -0.1) is 0 Å². The number of aromatic nitrogens is 1. The summed E-state index contributed by atoms with van der Waals surface area (Å²) in [6.45, 7) is 1.88. The van der Waals surface area contributed by atoms with Crippen LogP contribution >= 0.6 is 0 Å². The molecule has 1 aromatic heterocycles. The molecule has 1 saturated heterocycles. The lowest BCUT2D eigenvalue weighted by atomic mass is 9.91. The van der Waals surface area contributed by atoms with Gasteiger partial charge in [-0.05, 0) is 57.7 Å². The van der Waals surface area contributed by atoms with Crippen LogP contribution in [0.25, 0.3) is 0 Å². The highest BCUT2D eigenvalue weighted by molar-refractivity contribution is 5.74. The van der Waals surface area contributed by atoms with E-state index in [1.54, 1.807) is 0 Å². The number of hydrogen-bond acceptors (Lipinski definition) is 4. The molecule has 3 rings (SSSR count). The molecule has 132 valence electrons. The quantitative estimate of drug-likeness (QED) is 0.788. The number of rotatable bonds is 4. The summed E-state index contributed by atoms with van der Waals surface area (Å²) in [5.41, 5.74) is 0. The second kappa shape index (κ2) is 8.33. The van der Waals surface area contributed by atoms with Crippen molar-refractivity contribution in [3.05, 3.63) is 24.4 Å². The van der Waals surface area contributed by atoms with E-state index in [0.29, 0.717) is 12.1 Å². The second-order valence-electron chi connectivity index (χ2n) is 6.90. The molecule has 2 aliphatic rings. The number of pyridine rings is 1. The Morgan fingerprint density at radius 1 is 1.00 bits per heavy atom. The largest absolute Gasteiger partial charge is 0.356 e. The van der Waals surface area contributed by atoms with Gasteiger partial charge in [0.05, 0.1) is 0 Å². The van der Waals surface area contributed by atoms with E-state index in [1.807, 2.05) is 31.4 Å². The third kappa shape index (κ3) is 4.60. The summed E-state index contributed by atoms with van der Waals surface area (Å²) in [6, 6.07) is 7.19. The summed E-state index contributed by atoms with van der Waals surface area (Å²) < 4.78 is 0. The summed E-state index contributed by atoms with van der Waals surface area (Å²) in [7, 11) is 2.02. The second-order valence-corrected chi connectivity index (χ2v) is 6.90.